The molecule has 1 aliphatic heterocycles. The average molecular weight is 248 g/mol. The molecule has 1 aromatic rings. The van der Waals surface area contributed by atoms with Crippen LogP contribution in [0.4, 0.5) is 0 Å². The molecule has 86 valence electrons. The maximum Gasteiger partial charge on any atom is 0.128 e. The number of thiophene rings is 1. The molecule has 2 N–H and O–H groups in total. The topological polar surface area (TPSA) is 44.7 Å². The number of nitrogens with one attached hydrogen (secondary N) is 1. The number of rotatable bonds is 3. The van der Waals surface area contributed by atoms with Crippen molar-refractivity contribution in [3.8, 4) is 0 Å². The van der Waals surface area contributed by atoms with Crippen molar-refractivity contribution in [2.75, 3.05) is 33.3 Å². The number of piperazine rings is 1. The second-order valence-corrected chi connectivity index (χ2v) is 6.76. The van der Waals surface area contributed by atoms with Crippen LogP contribution in [0.3, 0.4) is 0 Å². The Bertz CT molecular complexity index is 301. The number of hydrogen-bond donors (Lipinski definition) is 2. The van der Waals surface area contributed by atoms with Crippen LogP contribution in [0.2, 0.25) is 0 Å². The first-order chi connectivity index (χ1) is 7.27. The van der Waals surface area contributed by atoms with Gasteiger partial charge in [-0.3, -0.25) is 8.74 Å². The Balaban J connectivity index is 2.20. The van der Waals surface area contributed by atoms with E-state index in [1.54, 1.807) is 18.4 Å². The molecule has 1 saturated heterocycles. The van der Waals surface area contributed by atoms with Crippen LogP contribution in [-0.4, -0.2) is 42.1 Å². The molecule has 0 saturated carbocycles. The van der Waals surface area contributed by atoms with Crippen LogP contribution in [0.25, 0.3) is 0 Å². The van der Waals surface area contributed by atoms with Crippen molar-refractivity contribution in [1.29, 1.82) is 0 Å². The van der Waals surface area contributed by atoms with E-state index >= 15 is 0 Å². The maximum absolute atomic E-state index is 10.6. The zero-order valence-electron chi connectivity index (χ0n) is 8.68. The van der Waals surface area contributed by atoms with Crippen molar-refractivity contribution >= 4 is 22.1 Å². The predicted molar refractivity (Wildman–Crippen MR) is 64.3 cm³/mol. The first-order valence-corrected chi connectivity index (χ1v) is 7.23. The van der Waals surface area contributed by atoms with Crippen molar-refractivity contribution in [3.05, 3.63) is 17.5 Å². The highest BCUT2D eigenvalue weighted by Crippen LogP contribution is 2.57. The van der Waals surface area contributed by atoms with Crippen LogP contribution in [0.5, 0.6) is 0 Å². The van der Waals surface area contributed by atoms with Crippen LogP contribution >= 0.6 is 22.1 Å². The Morgan fingerprint density at radius 1 is 1.53 bits per heavy atom. The van der Waals surface area contributed by atoms with Crippen molar-refractivity contribution in [2.24, 2.45) is 0 Å². The molecule has 1 atom stereocenters. The Kier molecular flexibility index (Phi) is 3.65. The number of hydrogen-bond acceptors (Lipinski definition) is 5. The lowest BCUT2D eigenvalue weighted by molar-refractivity contribution is 0.287. The molecule has 1 aromatic heterocycles. The van der Waals surface area contributed by atoms with E-state index in [2.05, 4.69) is 5.32 Å². The summed E-state index contributed by atoms with van der Waals surface area (Å²) in [7, 11) is -0.622. The van der Waals surface area contributed by atoms with Crippen molar-refractivity contribution in [1.82, 2.24) is 9.62 Å². The molecular weight excluding hydrogens is 232 g/mol. The Hall–Kier alpha value is -0.110. The lowest BCUT2D eigenvalue weighted by Gasteiger charge is -2.46. The molecular formula is C9H16N2O2S2. The van der Waals surface area contributed by atoms with Gasteiger partial charge in [0, 0.05) is 26.2 Å². The van der Waals surface area contributed by atoms with Crippen molar-refractivity contribution in [2.45, 2.75) is 4.21 Å². The van der Waals surface area contributed by atoms with Gasteiger partial charge in [-0.1, -0.05) is 10.8 Å². The highest BCUT2D eigenvalue weighted by atomic mass is 32.3. The molecule has 4 nitrogen and oxygen atoms in total. The zero-order chi connectivity index (χ0) is 10.7. The minimum absolute atomic E-state index is 0.831. The van der Waals surface area contributed by atoms with E-state index in [1.807, 2.05) is 21.8 Å². The molecule has 1 aliphatic rings. The number of nitrogens with zero attached hydrogens (tertiary/aromatic N) is 1. The highest BCUT2D eigenvalue weighted by Gasteiger charge is 2.29. The van der Waals surface area contributed by atoms with E-state index in [1.165, 1.54) is 0 Å². The van der Waals surface area contributed by atoms with Gasteiger partial charge in [-0.15, -0.1) is 11.3 Å². The summed E-state index contributed by atoms with van der Waals surface area (Å²) in [5.41, 5.74) is 0. The normalized spacial score (nSPS) is 24.7. The van der Waals surface area contributed by atoms with E-state index in [0.29, 0.717) is 0 Å². The van der Waals surface area contributed by atoms with Gasteiger partial charge in [0.05, 0.1) is 7.11 Å². The molecule has 0 aliphatic carbocycles. The third-order valence-corrected chi connectivity index (χ3v) is 6.21. The van der Waals surface area contributed by atoms with Gasteiger partial charge >= 0.3 is 0 Å². The summed E-state index contributed by atoms with van der Waals surface area (Å²) in [6, 6.07) is 3.88. The monoisotopic (exact) mass is 248 g/mol. The molecule has 2 heterocycles. The van der Waals surface area contributed by atoms with Crippen LogP contribution in [0, 0.1) is 0 Å². The Morgan fingerprint density at radius 2 is 2.27 bits per heavy atom. The standard InChI is InChI=1S/C9H16N2O2S2/c1-13-15(12,9-3-2-8-14-9)11-6-4-10-5-7-11/h2-3,8,10,12H,4-7H2,1H3. The molecule has 1 fully saturated rings. The van der Waals surface area contributed by atoms with Gasteiger partial charge in [0.1, 0.15) is 4.21 Å². The highest BCUT2D eigenvalue weighted by molar-refractivity contribution is 8.24. The molecule has 0 aromatic carbocycles. The summed E-state index contributed by atoms with van der Waals surface area (Å²) < 4.78 is 18.9. The lowest BCUT2D eigenvalue weighted by Crippen LogP contribution is -2.44. The summed E-state index contributed by atoms with van der Waals surface area (Å²) in [5.74, 6) is 0. The second-order valence-electron chi connectivity index (χ2n) is 3.27. The minimum atomic E-state index is -2.20. The molecule has 0 radical (unpaired) electrons. The van der Waals surface area contributed by atoms with E-state index in [9.17, 15) is 4.55 Å². The summed E-state index contributed by atoms with van der Waals surface area (Å²) >= 11 is 1.55. The average Bonchev–Trinajstić information content (AvgIpc) is 2.83. The third kappa shape index (κ3) is 2.20. The SMILES string of the molecule is COS(O)(c1cccs1)N1CCNCC1. The second kappa shape index (κ2) is 4.82. The largest absolute Gasteiger partial charge is 0.314 e. The molecule has 0 spiro atoms. The molecule has 2 rings (SSSR count). The fourth-order valence-corrected chi connectivity index (χ4v) is 4.82. The van der Waals surface area contributed by atoms with Gasteiger partial charge in [0.25, 0.3) is 0 Å². The van der Waals surface area contributed by atoms with E-state index in [0.717, 1.165) is 30.4 Å². The lowest BCUT2D eigenvalue weighted by atomic mass is 10.4. The first kappa shape index (κ1) is 11.4. The third-order valence-electron chi connectivity index (χ3n) is 2.42. The molecule has 1 unspecified atom stereocenters. The van der Waals surface area contributed by atoms with Gasteiger partial charge in [0.15, 0.2) is 0 Å². The van der Waals surface area contributed by atoms with Gasteiger partial charge in [-0.05, 0) is 17.5 Å². The maximum atomic E-state index is 10.6. The summed E-state index contributed by atoms with van der Waals surface area (Å²) in [4.78, 5) is 0. The summed E-state index contributed by atoms with van der Waals surface area (Å²) in [6.45, 7) is 3.48. The quantitative estimate of drug-likeness (QED) is 0.855. The summed E-state index contributed by atoms with van der Waals surface area (Å²) in [5, 5.41) is 5.23. The Morgan fingerprint density at radius 3 is 2.80 bits per heavy atom. The van der Waals surface area contributed by atoms with Crippen molar-refractivity contribution < 1.29 is 8.74 Å². The van der Waals surface area contributed by atoms with Gasteiger partial charge in [0.2, 0.25) is 0 Å². The smallest absolute Gasteiger partial charge is 0.128 e. The first-order valence-electron chi connectivity index (χ1n) is 4.88. The van der Waals surface area contributed by atoms with Crippen LogP contribution < -0.4 is 5.32 Å². The van der Waals surface area contributed by atoms with E-state index in [4.69, 9.17) is 4.18 Å². The predicted octanol–water partition coefficient (Wildman–Crippen LogP) is 1.77. The fourth-order valence-electron chi connectivity index (χ4n) is 1.62. The van der Waals surface area contributed by atoms with E-state index < -0.39 is 10.8 Å². The van der Waals surface area contributed by atoms with Crippen LogP contribution in [0.15, 0.2) is 21.7 Å². The molecule has 15 heavy (non-hydrogen) atoms. The molecule has 6 heteroatoms. The van der Waals surface area contributed by atoms with Crippen molar-refractivity contribution in [3.63, 3.8) is 0 Å². The zero-order valence-corrected chi connectivity index (χ0v) is 10.3. The van der Waals surface area contributed by atoms with Gasteiger partial charge in [-0.25, -0.2) is 0 Å². The van der Waals surface area contributed by atoms with Gasteiger partial charge in [-0.2, -0.15) is 4.31 Å². The summed E-state index contributed by atoms with van der Waals surface area (Å²) in [6.07, 6.45) is 0. The van der Waals surface area contributed by atoms with Gasteiger partial charge < -0.3 is 5.32 Å². The van der Waals surface area contributed by atoms with E-state index in [-0.39, 0.29) is 0 Å². The Labute approximate surface area is 95.7 Å². The van der Waals surface area contributed by atoms with Crippen LogP contribution in [-0.2, 0) is 4.18 Å². The van der Waals surface area contributed by atoms with Crippen LogP contribution in [0.1, 0.15) is 0 Å². The fraction of sp³-hybridized carbons (Fsp3) is 0.556. The minimum Gasteiger partial charge on any atom is -0.314 e. The molecule has 0 amide bonds. The molecule has 0 bridgehead atoms.